The summed E-state index contributed by atoms with van der Waals surface area (Å²) < 4.78 is 26.1. The highest BCUT2D eigenvalue weighted by Crippen LogP contribution is 2.22. The lowest BCUT2D eigenvalue weighted by Gasteiger charge is -2.22. The van der Waals surface area contributed by atoms with Crippen molar-refractivity contribution in [3.05, 3.63) is 0 Å². The molecular weight excluding hydrogens is 188 g/mol. The Balaban J connectivity index is 1.95. The molecule has 2 N–H and O–H groups in total. The number of piperidine rings is 1. The van der Waals surface area contributed by atoms with Gasteiger partial charge in [-0.25, -0.2) is 13.1 Å². The third-order valence-corrected chi connectivity index (χ3v) is 4.54. The Bertz CT molecular complexity index is 266. The van der Waals surface area contributed by atoms with Gasteiger partial charge in [-0.3, -0.25) is 0 Å². The van der Waals surface area contributed by atoms with Crippen molar-refractivity contribution >= 4 is 10.0 Å². The van der Waals surface area contributed by atoms with E-state index in [9.17, 15) is 8.42 Å². The first kappa shape index (κ1) is 9.43. The van der Waals surface area contributed by atoms with Gasteiger partial charge in [0.05, 0.1) is 5.25 Å². The van der Waals surface area contributed by atoms with Gasteiger partial charge in [0, 0.05) is 12.6 Å². The molecule has 0 aromatic rings. The molecule has 1 atom stereocenters. The second-order valence-corrected chi connectivity index (χ2v) is 5.90. The lowest BCUT2D eigenvalue weighted by atomic mass is 10.2. The summed E-state index contributed by atoms with van der Waals surface area (Å²) in [6.07, 6.45) is 3.80. The Kier molecular flexibility index (Phi) is 2.58. The number of hydrogen-bond donors (Lipinski definition) is 2. The van der Waals surface area contributed by atoms with Gasteiger partial charge < -0.3 is 5.32 Å². The van der Waals surface area contributed by atoms with Gasteiger partial charge in [0.2, 0.25) is 10.0 Å². The molecule has 0 radical (unpaired) electrons. The van der Waals surface area contributed by atoms with Crippen LogP contribution in [0.4, 0.5) is 0 Å². The van der Waals surface area contributed by atoms with Crippen molar-refractivity contribution in [2.24, 2.45) is 0 Å². The first-order valence-electron chi connectivity index (χ1n) is 4.90. The molecule has 1 saturated carbocycles. The van der Waals surface area contributed by atoms with Crippen molar-refractivity contribution in [2.75, 3.05) is 13.1 Å². The van der Waals surface area contributed by atoms with E-state index < -0.39 is 10.0 Å². The van der Waals surface area contributed by atoms with Crippen molar-refractivity contribution < 1.29 is 8.42 Å². The number of nitrogens with one attached hydrogen (secondary N) is 2. The maximum absolute atomic E-state index is 11.7. The van der Waals surface area contributed by atoms with Gasteiger partial charge in [-0.1, -0.05) is 0 Å². The maximum atomic E-state index is 11.7. The summed E-state index contributed by atoms with van der Waals surface area (Å²) in [7, 11) is -3.03. The van der Waals surface area contributed by atoms with Crippen LogP contribution in [0, 0.1) is 0 Å². The number of hydrogen-bond acceptors (Lipinski definition) is 3. The SMILES string of the molecule is O=S(=O)(NC1CC1)C1CCCNC1. The normalized spacial score (nSPS) is 30.3. The van der Waals surface area contributed by atoms with Gasteiger partial charge >= 0.3 is 0 Å². The Morgan fingerprint density at radius 2 is 2.00 bits per heavy atom. The predicted octanol–water partition coefficient (Wildman–Crippen LogP) is -0.180. The number of sulfonamides is 1. The standard InChI is InChI=1S/C8H16N2O2S/c11-13(12,10-7-3-4-7)8-2-1-5-9-6-8/h7-10H,1-6H2. The molecule has 0 spiro atoms. The fraction of sp³-hybridized carbons (Fsp3) is 1.00. The van der Waals surface area contributed by atoms with Crippen LogP contribution in [0.3, 0.4) is 0 Å². The quantitative estimate of drug-likeness (QED) is 0.670. The molecule has 2 fully saturated rings. The van der Waals surface area contributed by atoms with Gasteiger partial charge in [-0.15, -0.1) is 0 Å². The highest BCUT2D eigenvalue weighted by Gasteiger charge is 2.33. The van der Waals surface area contributed by atoms with Crippen molar-refractivity contribution in [1.29, 1.82) is 0 Å². The van der Waals surface area contributed by atoms with Gasteiger partial charge in [0.1, 0.15) is 0 Å². The smallest absolute Gasteiger partial charge is 0.215 e. The third kappa shape index (κ3) is 2.42. The van der Waals surface area contributed by atoms with Gasteiger partial charge in [0.25, 0.3) is 0 Å². The second-order valence-electron chi connectivity index (χ2n) is 3.91. The van der Waals surface area contributed by atoms with E-state index >= 15 is 0 Å². The minimum Gasteiger partial charge on any atom is -0.315 e. The molecule has 1 saturated heterocycles. The largest absolute Gasteiger partial charge is 0.315 e. The highest BCUT2D eigenvalue weighted by molar-refractivity contribution is 7.90. The second kappa shape index (κ2) is 3.55. The Morgan fingerprint density at radius 1 is 1.23 bits per heavy atom. The molecule has 1 unspecified atom stereocenters. The first-order valence-corrected chi connectivity index (χ1v) is 6.45. The molecule has 0 aromatic heterocycles. The molecule has 1 heterocycles. The molecule has 2 rings (SSSR count). The van der Waals surface area contributed by atoms with E-state index in [1.807, 2.05) is 0 Å². The molecule has 5 heteroatoms. The van der Waals surface area contributed by atoms with E-state index in [0.29, 0.717) is 6.54 Å². The molecule has 0 aromatic carbocycles. The van der Waals surface area contributed by atoms with Crippen LogP contribution in [-0.2, 0) is 10.0 Å². The van der Waals surface area contributed by atoms with Crippen LogP contribution < -0.4 is 10.0 Å². The molecule has 1 aliphatic heterocycles. The summed E-state index contributed by atoms with van der Waals surface area (Å²) in [5.74, 6) is 0. The van der Waals surface area contributed by atoms with E-state index in [1.165, 1.54) is 0 Å². The van der Waals surface area contributed by atoms with E-state index in [0.717, 1.165) is 32.2 Å². The fourth-order valence-corrected chi connectivity index (χ4v) is 3.32. The average Bonchev–Trinajstić information content (AvgIpc) is 2.89. The zero-order chi connectivity index (χ0) is 9.31. The highest BCUT2D eigenvalue weighted by atomic mass is 32.2. The summed E-state index contributed by atoms with van der Waals surface area (Å²) >= 11 is 0. The summed E-state index contributed by atoms with van der Waals surface area (Å²) in [6.45, 7) is 1.57. The van der Waals surface area contributed by atoms with Crippen molar-refractivity contribution in [1.82, 2.24) is 10.0 Å². The lowest BCUT2D eigenvalue weighted by molar-refractivity contribution is 0.490. The molecule has 13 heavy (non-hydrogen) atoms. The zero-order valence-electron chi connectivity index (χ0n) is 7.62. The Hall–Kier alpha value is -0.130. The Morgan fingerprint density at radius 3 is 2.54 bits per heavy atom. The van der Waals surface area contributed by atoms with E-state index in [1.54, 1.807) is 0 Å². The summed E-state index contributed by atoms with van der Waals surface area (Å²) in [5.41, 5.74) is 0. The van der Waals surface area contributed by atoms with Crippen LogP contribution in [0.25, 0.3) is 0 Å². The summed E-state index contributed by atoms with van der Waals surface area (Å²) in [6, 6.07) is 0.243. The van der Waals surface area contributed by atoms with Crippen molar-refractivity contribution in [2.45, 2.75) is 37.0 Å². The van der Waals surface area contributed by atoms with Gasteiger partial charge in [-0.2, -0.15) is 0 Å². The summed E-state index contributed by atoms with van der Waals surface area (Å²) in [5, 5.41) is 2.91. The fourth-order valence-electron chi connectivity index (χ4n) is 1.61. The van der Waals surface area contributed by atoms with E-state index in [4.69, 9.17) is 0 Å². The molecular formula is C8H16N2O2S. The minimum absolute atomic E-state index is 0.207. The monoisotopic (exact) mass is 204 g/mol. The number of rotatable bonds is 3. The molecule has 1 aliphatic carbocycles. The van der Waals surface area contributed by atoms with Crippen molar-refractivity contribution in [3.8, 4) is 0 Å². The lowest BCUT2D eigenvalue weighted by Crippen LogP contribution is -2.44. The van der Waals surface area contributed by atoms with E-state index in [2.05, 4.69) is 10.0 Å². The molecule has 2 aliphatic rings. The molecule has 0 bridgehead atoms. The van der Waals surface area contributed by atoms with Crippen LogP contribution in [0.15, 0.2) is 0 Å². The maximum Gasteiger partial charge on any atom is 0.215 e. The topological polar surface area (TPSA) is 58.2 Å². The van der Waals surface area contributed by atoms with Crippen LogP contribution >= 0.6 is 0 Å². The molecule has 0 amide bonds. The molecule has 76 valence electrons. The predicted molar refractivity (Wildman–Crippen MR) is 51.0 cm³/mol. The van der Waals surface area contributed by atoms with Crippen LogP contribution in [0.5, 0.6) is 0 Å². The van der Waals surface area contributed by atoms with Gasteiger partial charge in [-0.05, 0) is 32.2 Å². The third-order valence-electron chi connectivity index (χ3n) is 2.60. The van der Waals surface area contributed by atoms with Crippen LogP contribution in [0.2, 0.25) is 0 Å². The first-order chi connectivity index (χ1) is 6.18. The summed E-state index contributed by atoms with van der Waals surface area (Å²) in [4.78, 5) is 0. The zero-order valence-corrected chi connectivity index (χ0v) is 8.44. The molecule has 4 nitrogen and oxygen atoms in total. The van der Waals surface area contributed by atoms with Crippen LogP contribution in [0.1, 0.15) is 25.7 Å². The Labute approximate surface area is 79.1 Å². The average molecular weight is 204 g/mol. The van der Waals surface area contributed by atoms with Gasteiger partial charge in [0.15, 0.2) is 0 Å². The minimum atomic E-state index is -3.03. The van der Waals surface area contributed by atoms with Crippen LogP contribution in [-0.4, -0.2) is 32.8 Å². The van der Waals surface area contributed by atoms with E-state index in [-0.39, 0.29) is 11.3 Å². The van der Waals surface area contributed by atoms with Crippen molar-refractivity contribution in [3.63, 3.8) is 0 Å².